The summed E-state index contributed by atoms with van der Waals surface area (Å²) in [6.07, 6.45) is -1.42. The topological polar surface area (TPSA) is 103 Å². The summed E-state index contributed by atoms with van der Waals surface area (Å²) in [5.74, 6) is -0.648. The van der Waals surface area contributed by atoms with E-state index in [0.717, 1.165) is 5.56 Å². The van der Waals surface area contributed by atoms with Gasteiger partial charge in [-0.15, -0.1) is 0 Å². The lowest BCUT2D eigenvalue weighted by Gasteiger charge is -2.39. The van der Waals surface area contributed by atoms with Gasteiger partial charge in [0.05, 0.1) is 32.9 Å². The molecule has 2 amide bonds. The molecule has 9 heteroatoms. The van der Waals surface area contributed by atoms with Crippen molar-refractivity contribution in [2.24, 2.45) is 0 Å². The average Bonchev–Trinajstić information content (AvgIpc) is 2.62. The predicted molar refractivity (Wildman–Crippen MR) is 103 cm³/mol. The fourth-order valence-corrected chi connectivity index (χ4v) is 2.47. The van der Waals surface area contributed by atoms with Crippen LogP contribution in [0.25, 0.3) is 0 Å². The highest BCUT2D eigenvalue weighted by molar-refractivity contribution is 5.81. The number of alkyl carbamates (subject to hydrolysis) is 1. The van der Waals surface area contributed by atoms with Gasteiger partial charge in [-0.3, -0.25) is 0 Å². The van der Waals surface area contributed by atoms with Crippen molar-refractivity contribution in [3.63, 3.8) is 0 Å². The van der Waals surface area contributed by atoms with E-state index in [1.807, 2.05) is 30.3 Å². The maximum atomic E-state index is 12.0. The molecule has 1 aliphatic rings. The second-order valence-electron chi connectivity index (χ2n) is 7.62. The first-order valence-electron chi connectivity index (χ1n) is 9.32. The molecule has 2 rings (SSSR count). The quantitative estimate of drug-likeness (QED) is 0.544. The van der Waals surface area contributed by atoms with Crippen molar-refractivity contribution in [3.05, 3.63) is 35.9 Å². The first-order chi connectivity index (χ1) is 13.7. The summed E-state index contributed by atoms with van der Waals surface area (Å²) in [5.41, 5.74) is 0.258. The number of nitrogens with zero attached hydrogens (tertiary/aromatic N) is 1. The van der Waals surface area contributed by atoms with Gasteiger partial charge in [-0.1, -0.05) is 30.3 Å². The summed E-state index contributed by atoms with van der Waals surface area (Å²) in [5, 5.41) is 2.44. The Morgan fingerprint density at radius 2 is 1.83 bits per heavy atom. The minimum atomic E-state index is -1.01. The number of carbonyl (C=O) groups excluding carboxylic acids is 3. The Labute approximate surface area is 170 Å². The highest BCUT2D eigenvalue weighted by atomic mass is 16.6. The highest BCUT2D eigenvalue weighted by Gasteiger charge is 2.35. The van der Waals surface area contributed by atoms with Gasteiger partial charge in [0.25, 0.3) is 0 Å². The molecule has 1 atom stereocenters. The van der Waals surface area contributed by atoms with Crippen molar-refractivity contribution < 1.29 is 33.3 Å². The molecule has 0 aliphatic carbocycles. The first kappa shape index (κ1) is 22.5. The van der Waals surface area contributed by atoms with Crippen LogP contribution in [0.15, 0.2) is 30.3 Å². The van der Waals surface area contributed by atoms with E-state index in [1.165, 1.54) is 12.0 Å². The maximum Gasteiger partial charge on any atom is 0.410 e. The van der Waals surface area contributed by atoms with Gasteiger partial charge in [0, 0.05) is 0 Å². The predicted octanol–water partition coefficient (Wildman–Crippen LogP) is 2.09. The second-order valence-corrected chi connectivity index (χ2v) is 7.62. The Bertz CT molecular complexity index is 697. The molecule has 0 spiro atoms. The van der Waals surface area contributed by atoms with E-state index in [9.17, 15) is 14.4 Å². The summed E-state index contributed by atoms with van der Waals surface area (Å²) in [6.45, 7) is 6.06. The number of likely N-dealkylation sites (tertiary alicyclic amines) is 1. The van der Waals surface area contributed by atoms with Gasteiger partial charge in [0.1, 0.15) is 12.2 Å². The van der Waals surface area contributed by atoms with Crippen molar-refractivity contribution >= 4 is 18.2 Å². The number of esters is 1. The van der Waals surface area contributed by atoms with Crippen LogP contribution in [0.5, 0.6) is 0 Å². The smallest absolute Gasteiger partial charge is 0.410 e. The Balaban J connectivity index is 1.74. The van der Waals surface area contributed by atoms with E-state index < -0.39 is 29.8 Å². The summed E-state index contributed by atoms with van der Waals surface area (Å²) in [7, 11) is 1.22. The number of ether oxygens (including phenoxy) is 4. The number of amides is 2. The number of hydrogen-bond donors (Lipinski definition) is 1. The molecular weight excluding hydrogens is 380 g/mol. The van der Waals surface area contributed by atoms with Crippen LogP contribution in [0, 0.1) is 0 Å². The maximum absolute atomic E-state index is 12.0. The molecule has 1 N–H and O–H groups in total. The standard InChI is InChI=1S/C20H28N2O7/c1-20(2,3)29-19(25)22-10-15(11-22)27-13-16(17(23)26-4)21-18(24)28-12-14-8-6-5-7-9-14/h5-9,15-16H,10-13H2,1-4H3,(H,21,24). The summed E-state index contributed by atoms with van der Waals surface area (Å²) >= 11 is 0. The van der Waals surface area contributed by atoms with E-state index in [0.29, 0.717) is 13.1 Å². The molecule has 1 heterocycles. The zero-order valence-electron chi connectivity index (χ0n) is 17.2. The second kappa shape index (κ2) is 10.1. The average molecular weight is 408 g/mol. The Hall–Kier alpha value is -2.81. The fourth-order valence-electron chi connectivity index (χ4n) is 2.47. The molecule has 1 aromatic carbocycles. The van der Waals surface area contributed by atoms with Crippen LogP contribution in [-0.4, -0.2) is 67.6 Å². The fraction of sp³-hybridized carbons (Fsp3) is 0.550. The van der Waals surface area contributed by atoms with Gasteiger partial charge in [0.2, 0.25) is 0 Å². The normalized spacial score (nSPS) is 15.1. The van der Waals surface area contributed by atoms with E-state index in [-0.39, 0.29) is 19.3 Å². The van der Waals surface area contributed by atoms with E-state index in [4.69, 9.17) is 18.9 Å². The van der Waals surface area contributed by atoms with Crippen LogP contribution >= 0.6 is 0 Å². The molecule has 0 aromatic heterocycles. The number of benzene rings is 1. The Morgan fingerprint density at radius 1 is 1.17 bits per heavy atom. The van der Waals surface area contributed by atoms with Gasteiger partial charge in [0.15, 0.2) is 6.04 Å². The molecule has 0 saturated carbocycles. The van der Waals surface area contributed by atoms with Crippen LogP contribution in [0.4, 0.5) is 9.59 Å². The van der Waals surface area contributed by atoms with Crippen LogP contribution in [0.1, 0.15) is 26.3 Å². The number of hydrogen-bond acceptors (Lipinski definition) is 7. The Morgan fingerprint density at radius 3 is 2.41 bits per heavy atom. The summed E-state index contributed by atoms with van der Waals surface area (Å²) in [4.78, 5) is 37.3. The van der Waals surface area contributed by atoms with Crippen molar-refractivity contribution in [2.75, 3.05) is 26.8 Å². The minimum Gasteiger partial charge on any atom is -0.467 e. The van der Waals surface area contributed by atoms with Gasteiger partial charge in [-0.2, -0.15) is 0 Å². The van der Waals surface area contributed by atoms with Crippen molar-refractivity contribution in [3.8, 4) is 0 Å². The molecule has 1 saturated heterocycles. The molecule has 9 nitrogen and oxygen atoms in total. The van der Waals surface area contributed by atoms with Gasteiger partial charge in [-0.25, -0.2) is 14.4 Å². The number of carbonyl (C=O) groups is 3. The van der Waals surface area contributed by atoms with Gasteiger partial charge < -0.3 is 29.2 Å². The molecule has 0 bridgehead atoms. The third-order valence-corrected chi connectivity index (χ3v) is 3.99. The molecule has 1 aromatic rings. The zero-order chi connectivity index (χ0) is 21.4. The number of rotatable bonds is 7. The van der Waals surface area contributed by atoms with Crippen molar-refractivity contribution in [1.82, 2.24) is 10.2 Å². The minimum absolute atomic E-state index is 0.0783. The van der Waals surface area contributed by atoms with Gasteiger partial charge >= 0.3 is 18.2 Å². The van der Waals surface area contributed by atoms with Gasteiger partial charge in [-0.05, 0) is 26.3 Å². The van der Waals surface area contributed by atoms with Crippen LogP contribution in [0.3, 0.4) is 0 Å². The lowest BCUT2D eigenvalue weighted by atomic mass is 10.1. The van der Waals surface area contributed by atoms with Crippen molar-refractivity contribution in [1.29, 1.82) is 0 Å². The third kappa shape index (κ3) is 7.61. The highest BCUT2D eigenvalue weighted by Crippen LogP contribution is 2.17. The van der Waals surface area contributed by atoms with E-state index in [1.54, 1.807) is 20.8 Å². The van der Waals surface area contributed by atoms with E-state index in [2.05, 4.69) is 5.32 Å². The molecule has 1 unspecified atom stereocenters. The lowest BCUT2D eigenvalue weighted by molar-refractivity contribution is -0.146. The summed E-state index contributed by atoms with van der Waals surface area (Å²) < 4.78 is 20.7. The number of methoxy groups -OCH3 is 1. The molecular formula is C20H28N2O7. The molecule has 29 heavy (non-hydrogen) atoms. The third-order valence-electron chi connectivity index (χ3n) is 3.99. The largest absolute Gasteiger partial charge is 0.467 e. The molecule has 1 fully saturated rings. The monoisotopic (exact) mass is 408 g/mol. The lowest BCUT2D eigenvalue weighted by Crippen LogP contribution is -2.57. The zero-order valence-corrected chi connectivity index (χ0v) is 17.2. The molecule has 0 radical (unpaired) electrons. The SMILES string of the molecule is COC(=O)C(COC1CN(C(=O)OC(C)(C)C)C1)NC(=O)OCc1ccccc1. The molecule has 160 valence electrons. The van der Waals surface area contributed by atoms with Crippen LogP contribution in [0.2, 0.25) is 0 Å². The van der Waals surface area contributed by atoms with Crippen molar-refractivity contribution in [2.45, 2.75) is 45.1 Å². The van der Waals surface area contributed by atoms with Crippen LogP contribution in [-0.2, 0) is 30.3 Å². The Kier molecular flexibility index (Phi) is 7.83. The van der Waals surface area contributed by atoms with Crippen LogP contribution < -0.4 is 5.32 Å². The first-order valence-corrected chi connectivity index (χ1v) is 9.32. The molecule has 1 aliphatic heterocycles. The summed E-state index contributed by atoms with van der Waals surface area (Å²) in [6, 6.07) is 8.15. The number of nitrogens with one attached hydrogen (secondary N) is 1. The van der Waals surface area contributed by atoms with E-state index >= 15 is 0 Å².